The largest absolute Gasteiger partial charge is 0.370 e. The van der Waals surface area contributed by atoms with Crippen molar-refractivity contribution < 1.29 is 13.6 Å². The van der Waals surface area contributed by atoms with Gasteiger partial charge in [-0.3, -0.25) is 4.79 Å². The lowest BCUT2D eigenvalue weighted by Crippen LogP contribution is -2.16. The number of hydrogen-bond donors (Lipinski definition) is 2. The third kappa shape index (κ3) is 3.55. The zero-order valence-electron chi connectivity index (χ0n) is 11.1. The number of rotatable bonds is 4. The molecule has 0 unspecified atom stereocenters. The molecule has 0 fully saturated rings. The van der Waals surface area contributed by atoms with Gasteiger partial charge in [0.15, 0.2) is 0 Å². The van der Waals surface area contributed by atoms with Crippen LogP contribution < -0.4 is 10.6 Å². The summed E-state index contributed by atoms with van der Waals surface area (Å²) in [6.07, 6.45) is 1.54. The van der Waals surface area contributed by atoms with Crippen molar-refractivity contribution in [2.75, 3.05) is 17.2 Å². The van der Waals surface area contributed by atoms with Gasteiger partial charge in [0, 0.05) is 18.8 Å². The number of aromatic nitrogens is 1. The Labute approximate surface area is 128 Å². The van der Waals surface area contributed by atoms with E-state index in [0.29, 0.717) is 12.4 Å². The molecule has 21 heavy (non-hydrogen) atoms. The Balaban J connectivity index is 2.28. The van der Waals surface area contributed by atoms with Crippen molar-refractivity contribution in [2.45, 2.75) is 6.92 Å². The summed E-state index contributed by atoms with van der Waals surface area (Å²) in [6, 6.07) is 5.02. The summed E-state index contributed by atoms with van der Waals surface area (Å²) in [5.74, 6) is -1.58. The number of carbonyl (C=O) groups excluding carboxylic acids is 1. The molecular weight excluding hydrogens is 344 g/mol. The van der Waals surface area contributed by atoms with Crippen molar-refractivity contribution in [1.82, 2.24) is 4.98 Å². The molecule has 4 nitrogen and oxygen atoms in total. The molecule has 1 heterocycles. The zero-order chi connectivity index (χ0) is 15.4. The number of benzene rings is 1. The molecule has 0 atom stereocenters. The molecule has 7 heteroatoms. The molecule has 2 N–H and O–H groups in total. The number of hydrogen-bond acceptors (Lipinski definition) is 3. The molecule has 1 aromatic carbocycles. The summed E-state index contributed by atoms with van der Waals surface area (Å²) in [7, 11) is 0. The average molecular weight is 356 g/mol. The van der Waals surface area contributed by atoms with Crippen LogP contribution in [0.25, 0.3) is 0 Å². The lowest BCUT2D eigenvalue weighted by atomic mass is 10.2. The number of amides is 1. The van der Waals surface area contributed by atoms with Crippen molar-refractivity contribution >= 4 is 33.3 Å². The molecule has 1 aromatic heterocycles. The smallest absolute Gasteiger partial charge is 0.259 e. The minimum Gasteiger partial charge on any atom is -0.370 e. The molecule has 0 aliphatic heterocycles. The molecule has 0 saturated heterocycles. The second-order valence-electron chi connectivity index (χ2n) is 4.13. The van der Waals surface area contributed by atoms with E-state index < -0.39 is 17.5 Å². The van der Waals surface area contributed by atoms with Gasteiger partial charge in [0.1, 0.15) is 17.5 Å². The molecule has 110 valence electrons. The zero-order valence-corrected chi connectivity index (χ0v) is 12.7. The minimum atomic E-state index is -0.731. The maximum absolute atomic E-state index is 13.7. The van der Waals surface area contributed by atoms with Crippen molar-refractivity contribution in [3.8, 4) is 0 Å². The number of carbonyl (C=O) groups is 1. The Hall–Kier alpha value is -2.02. The highest BCUT2D eigenvalue weighted by Gasteiger charge is 2.15. The highest BCUT2D eigenvalue weighted by molar-refractivity contribution is 9.10. The van der Waals surface area contributed by atoms with Crippen LogP contribution in [0, 0.1) is 11.6 Å². The van der Waals surface area contributed by atoms with Gasteiger partial charge in [-0.05, 0) is 41.1 Å². The van der Waals surface area contributed by atoms with Gasteiger partial charge in [-0.25, -0.2) is 13.8 Å². The number of halogens is 3. The van der Waals surface area contributed by atoms with Crippen LogP contribution in [0.4, 0.5) is 20.3 Å². The fourth-order valence-corrected chi connectivity index (χ4v) is 2.02. The van der Waals surface area contributed by atoms with Crippen LogP contribution in [0.3, 0.4) is 0 Å². The summed E-state index contributed by atoms with van der Waals surface area (Å²) in [5, 5.41) is 5.27. The van der Waals surface area contributed by atoms with Gasteiger partial charge >= 0.3 is 0 Å². The SMILES string of the molecule is CCNc1ncccc1C(=O)Nc1cc(F)c(Br)cc1F. The number of pyridine rings is 1. The molecule has 0 radical (unpaired) electrons. The van der Waals surface area contributed by atoms with E-state index in [1.807, 2.05) is 6.92 Å². The first kappa shape index (κ1) is 15.4. The Morgan fingerprint density at radius 1 is 1.33 bits per heavy atom. The summed E-state index contributed by atoms with van der Waals surface area (Å²) >= 11 is 2.88. The topological polar surface area (TPSA) is 54.0 Å². The van der Waals surface area contributed by atoms with Crippen molar-refractivity contribution in [2.24, 2.45) is 0 Å². The standard InChI is InChI=1S/C14H12BrF2N3O/c1-2-18-13-8(4-3-5-19-13)14(21)20-12-7-10(16)9(15)6-11(12)17/h3-7H,2H2,1H3,(H,18,19)(H,20,21). The minimum absolute atomic E-state index is 0.00674. The van der Waals surface area contributed by atoms with E-state index in [9.17, 15) is 13.6 Å². The van der Waals surface area contributed by atoms with Crippen molar-refractivity contribution in [1.29, 1.82) is 0 Å². The van der Waals surface area contributed by atoms with Crippen LogP contribution in [0.5, 0.6) is 0 Å². The first-order valence-corrected chi connectivity index (χ1v) is 6.97. The highest BCUT2D eigenvalue weighted by atomic mass is 79.9. The van der Waals surface area contributed by atoms with Crippen LogP contribution in [-0.4, -0.2) is 17.4 Å². The third-order valence-corrected chi connectivity index (χ3v) is 3.26. The fraction of sp³-hybridized carbons (Fsp3) is 0.143. The summed E-state index contributed by atoms with van der Waals surface area (Å²) < 4.78 is 27.1. The molecule has 1 amide bonds. The van der Waals surface area contributed by atoms with E-state index in [-0.39, 0.29) is 15.7 Å². The van der Waals surface area contributed by atoms with Gasteiger partial charge in [0.25, 0.3) is 5.91 Å². The number of anilines is 2. The van der Waals surface area contributed by atoms with E-state index in [0.717, 1.165) is 12.1 Å². The lowest BCUT2D eigenvalue weighted by Gasteiger charge is -2.11. The monoisotopic (exact) mass is 355 g/mol. The van der Waals surface area contributed by atoms with E-state index in [1.54, 1.807) is 12.1 Å². The second kappa shape index (κ2) is 6.62. The van der Waals surface area contributed by atoms with Crippen LogP contribution in [0.2, 0.25) is 0 Å². The van der Waals surface area contributed by atoms with Crippen LogP contribution in [-0.2, 0) is 0 Å². The maximum Gasteiger partial charge on any atom is 0.259 e. The van der Waals surface area contributed by atoms with E-state index >= 15 is 0 Å². The predicted molar refractivity (Wildman–Crippen MR) is 80.4 cm³/mol. The van der Waals surface area contributed by atoms with E-state index in [2.05, 4.69) is 31.5 Å². The number of nitrogens with zero attached hydrogens (tertiary/aromatic N) is 1. The highest BCUT2D eigenvalue weighted by Crippen LogP contribution is 2.24. The van der Waals surface area contributed by atoms with Gasteiger partial charge in [0.2, 0.25) is 0 Å². The third-order valence-electron chi connectivity index (χ3n) is 2.65. The Bertz CT molecular complexity index is 679. The van der Waals surface area contributed by atoms with Gasteiger partial charge in [-0.1, -0.05) is 0 Å². The summed E-state index contributed by atoms with van der Waals surface area (Å²) in [6.45, 7) is 2.44. The molecule has 2 aromatic rings. The molecule has 2 rings (SSSR count). The van der Waals surface area contributed by atoms with Gasteiger partial charge in [-0.15, -0.1) is 0 Å². The molecule has 0 aliphatic rings. The first-order chi connectivity index (χ1) is 10.0. The first-order valence-electron chi connectivity index (χ1n) is 6.17. The predicted octanol–water partition coefficient (Wildman–Crippen LogP) is 3.81. The molecule has 0 saturated carbocycles. The summed E-state index contributed by atoms with van der Waals surface area (Å²) in [5.41, 5.74) is 0.0223. The van der Waals surface area contributed by atoms with Crippen LogP contribution in [0.1, 0.15) is 17.3 Å². The molecule has 0 aliphatic carbocycles. The molecule has 0 spiro atoms. The van der Waals surface area contributed by atoms with Gasteiger partial charge < -0.3 is 10.6 Å². The van der Waals surface area contributed by atoms with E-state index in [1.165, 1.54) is 6.20 Å². The van der Waals surface area contributed by atoms with Crippen molar-refractivity contribution in [3.63, 3.8) is 0 Å². The average Bonchev–Trinajstić information content (AvgIpc) is 2.45. The maximum atomic E-state index is 13.7. The van der Waals surface area contributed by atoms with Gasteiger partial charge in [0.05, 0.1) is 15.7 Å². The normalized spacial score (nSPS) is 10.3. The van der Waals surface area contributed by atoms with Crippen LogP contribution in [0.15, 0.2) is 34.9 Å². The van der Waals surface area contributed by atoms with Gasteiger partial charge in [-0.2, -0.15) is 0 Å². The fourth-order valence-electron chi connectivity index (χ4n) is 1.70. The quantitative estimate of drug-likeness (QED) is 0.820. The van der Waals surface area contributed by atoms with E-state index in [4.69, 9.17) is 0 Å². The summed E-state index contributed by atoms with van der Waals surface area (Å²) in [4.78, 5) is 16.2. The molecular formula is C14H12BrF2N3O. The Morgan fingerprint density at radius 3 is 2.81 bits per heavy atom. The molecule has 0 bridgehead atoms. The Kier molecular flexibility index (Phi) is 4.85. The number of nitrogens with one attached hydrogen (secondary N) is 2. The lowest BCUT2D eigenvalue weighted by molar-refractivity contribution is 0.102. The van der Waals surface area contributed by atoms with Crippen LogP contribution >= 0.6 is 15.9 Å². The second-order valence-corrected chi connectivity index (χ2v) is 4.98. The Morgan fingerprint density at radius 2 is 2.10 bits per heavy atom. The van der Waals surface area contributed by atoms with Crippen molar-refractivity contribution in [3.05, 3.63) is 52.1 Å².